The summed E-state index contributed by atoms with van der Waals surface area (Å²) in [4.78, 5) is 10.1. The number of nitrogens with zero attached hydrogens (tertiary/aromatic N) is 1. The smallest absolute Gasteiger partial charge is 0.269 e. The van der Waals surface area contributed by atoms with E-state index in [0.29, 0.717) is 18.5 Å². The van der Waals surface area contributed by atoms with Gasteiger partial charge in [0, 0.05) is 17.4 Å². The Balaban J connectivity index is 3.03. The van der Waals surface area contributed by atoms with Crippen LogP contribution in [0.2, 0.25) is 0 Å². The molecule has 0 spiro atoms. The van der Waals surface area contributed by atoms with Gasteiger partial charge in [-0.05, 0) is 37.8 Å². The van der Waals surface area contributed by atoms with Crippen molar-refractivity contribution in [1.29, 1.82) is 0 Å². The molecule has 0 heterocycles. The molecule has 1 rings (SSSR count). The highest BCUT2D eigenvalue weighted by molar-refractivity contribution is 8.13. The number of non-ortho nitro benzene ring substituents is 1. The molecule has 0 fully saturated rings. The van der Waals surface area contributed by atoms with Crippen molar-refractivity contribution in [2.45, 2.75) is 13.8 Å². The quantitative estimate of drug-likeness (QED) is 0.453. The van der Waals surface area contributed by atoms with Crippen LogP contribution in [0.25, 0.3) is 0 Å². The van der Waals surface area contributed by atoms with E-state index in [1.165, 1.54) is 12.1 Å². The fraction of sp³-hybridized carbons (Fsp3) is 0.400. The molecule has 94 valence electrons. The van der Waals surface area contributed by atoms with Crippen molar-refractivity contribution in [3.8, 4) is 0 Å². The fourth-order valence-corrected chi connectivity index (χ4v) is 3.85. The molecule has 5 nitrogen and oxygen atoms in total. The summed E-state index contributed by atoms with van der Waals surface area (Å²) in [5.41, 5.74) is 0.0308. The first kappa shape index (κ1) is 14.3. The van der Waals surface area contributed by atoms with E-state index in [2.05, 4.69) is 0 Å². The minimum Gasteiger partial charge on any atom is -0.326 e. The predicted molar refractivity (Wildman–Crippen MR) is 70.3 cm³/mol. The van der Waals surface area contributed by atoms with Crippen molar-refractivity contribution in [2.24, 2.45) is 0 Å². The topological polar surface area (TPSA) is 61.6 Å². The summed E-state index contributed by atoms with van der Waals surface area (Å²) in [6.07, 6.45) is 0. The minimum atomic E-state index is -2.51. The van der Waals surface area contributed by atoms with E-state index in [9.17, 15) is 10.1 Å². The fourth-order valence-electron chi connectivity index (χ4n) is 1.28. The van der Waals surface area contributed by atoms with E-state index in [1.54, 1.807) is 12.1 Å². The third kappa shape index (κ3) is 3.57. The Bertz CT molecular complexity index is 424. The number of nitro benzene ring substituents is 1. The average Bonchev–Trinajstić information content (AvgIpc) is 2.30. The molecule has 0 N–H and O–H groups in total. The van der Waals surface area contributed by atoms with Gasteiger partial charge in [-0.2, -0.15) is 0 Å². The molecule has 7 heteroatoms. The number of hydrogen-bond acceptors (Lipinski definition) is 5. The summed E-state index contributed by atoms with van der Waals surface area (Å²) in [7, 11) is 0. The van der Waals surface area contributed by atoms with Gasteiger partial charge in [-0.15, -0.1) is 0 Å². The van der Waals surface area contributed by atoms with E-state index in [4.69, 9.17) is 20.9 Å². The number of hydrogen-bond donors (Lipinski definition) is 0. The molecular weight excluding hydrogens is 261 g/mol. The summed E-state index contributed by atoms with van der Waals surface area (Å²) in [5.74, 6) is 0. The van der Waals surface area contributed by atoms with Gasteiger partial charge >= 0.3 is 0 Å². The normalized spacial score (nSPS) is 11.4. The number of rotatable bonds is 6. The Hall–Kier alpha value is -0.810. The van der Waals surface area contributed by atoms with Crippen molar-refractivity contribution in [3.05, 3.63) is 34.4 Å². The van der Waals surface area contributed by atoms with Gasteiger partial charge in [0.05, 0.1) is 18.1 Å². The molecule has 0 aromatic heterocycles. The lowest BCUT2D eigenvalue weighted by Gasteiger charge is -2.20. The van der Waals surface area contributed by atoms with Crippen molar-refractivity contribution in [3.63, 3.8) is 0 Å². The molecule has 0 saturated heterocycles. The minimum absolute atomic E-state index is 0.0308. The summed E-state index contributed by atoms with van der Waals surface area (Å²) in [6, 6.07) is 6.03. The molecule has 0 bridgehead atoms. The summed E-state index contributed by atoms with van der Waals surface area (Å²) in [5, 5.41) is 11.2. The van der Waals surface area contributed by atoms with Gasteiger partial charge in [0.1, 0.15) is 0 Å². The van der Waals surface area contributed by atoms with Gasteiger partial charge in [-0.25, -0.2) is 0 Å². The maximum atomic E-state index is 10.5. The van der Waals surface area contributed by atoms with Crippen LogP contribution >= 0.6 is 6.49 Å². The lowest BCUT2D eigenvalue weighted by molar-refractivity contribution is -0.384. The Kier molecular flexibility index (Phi) is 5.21. The van der Waals surface area contributed by atoms with Gasteiger partial charge < -0.3 is 9.05 Å². The Morgan fingerprint density at radius 3 is 2.06 bits per heavy atom. The molecule has 1 aromatic rings. The van der Waals surface area contributed by atoms with Gasteiger partial charge in [-0.1, -0.05) is 0 Å². The third-order valence-corrected chi connectivity index (χ3v) is 5.37. The highest BCUT2D eigenvalue weighted by Gasteiger charge is 2.21. The largest absolute Gasteiger partial charge is 0.326 e. The Morgan fingerprint density at radius 2 is 1.71 bits per heavy atom. The van der Waals surface area contributed by atoms with Crippen LogP contribution in [-0.4, -0.2) is 18.1 Å². The van der Waals surface area contributed by atoms with Crippen molar-refractivity contribution < 1.29 is 14.0 Å². The number of benzene rings is 1. The zero-order valence-electron chi connectivity index (χ0n) is 9.66. The second kappa shape index (κ2) is 6.21. The van der Waals surface area contributed by atoms with Crippen LogP contribution in [0.15, 0.2) is 24.3 Å². The van der Waals surface area contributed by atoms with Crippen LogP contribution in [0.4, 0.5) is 5.69 Å². The SMILES string of the molecule is CCOP(=S)(OCC)c1ccc([N+](=O)[O-])cc1. The van der Waals surface area contributed by atoms with Gasteiger partial charge in [-0.3, -0.25) is 10.1 Å². The standard InChI is InChI=1S/C10H14NO4PS/c1-3-14-16(17,15-4-2)10-7-5-9(6-8-10)11(12)13/h5-8H,3-4H2,1-2H3. The highest BCUT2D eigenvalue weighted by atomic mass is 32.5. The van der Waals surface area contributed by atoms with Crippen LogP contribution in [0, 0.1) is 10.1 Å². The second-order valence-electron chi connectivity index (χ2n) is 3.11. The Morgan fingerprint density at radius 1 is 1.24 bits per heavy atom. The van der Waals surface area contributed by atoms with Crippen molar-refractivity contribution >= 4 is 29.3 Å². The van der Waals surface area contributed by atoms with Crippen LogP contribution in [0.1, 0.15) is 13.8 Å². The third-order valence-electron chi connectivity index (χ3n) is 1.97. The first-order chi connectivity index (χ1) is 8.03. The van der Waals surface area contributed by atoms with Crippen molar-refractivity contribution in [2.75, 3.05) is 13.2 Å². The van der Waals surface area contributed by atoms with Gasteiger partial charge in [0.25, 0.3) is 5.69 Å². The van der Waals surface area contributed by atoms with E-state index >= 15 is 0 Å². The first-order valence-corrected chi connectivity index (χ1v) is 7.81. The Labute approximate surface area is 105 Å². The molecule has 0 aliphatic heterocycles. The lowest BCUT2D eigenvalue weighted by atomic mass is 10.3. The van der Waals surface area contributed by atoms with Crippen LogP contribution < -0.4 is 5.30 Å². The highest BCUT2D eigenvalue weighted by Crippen LogP contribution is 2.47. The molecular formula is C10H14NO4PS. The van der Waals surface area contributed by atoms with E-state index in [0.717, 1.165) is 0 Å². The molecule has 0 aliphatic carbocycles. The molecule has 0 unspecified atom stereocenters. The second-order valence-corrected chi connectivity index (χ2v) is 6.58. The monoisotopic (exact) mass is 275 g/mol. The average molecular weight is 275 g/mol. The van der Waals surface area contributed by atoms with Crippen LogP contribution in [0.5, 0.6) is 0 Å². The van der Waals surface area contributed by atoms with Crippen LogP contribution in [-0.2, 0) is 20.9 Å². The molecule has 0 saturated carbocycles. The summed E-state index contributed by atoms with van der Waals surface area (Å²) in [6.45, 7) is 2.07. The van der Waals surface area contributed by atoms with Gasteiger partial charge in [0.15, 0.2) is 0 Å². The van der Waals surface area contributed by atoms with Gasteiger partial charge in [0.2, 0.25) is 6.49 Å². The molecule has 0 radical (unpaired) electrons. The summed E-state index contributed by atoms with van der Waals surface area (Å²) < 4.78 is 11.0. The maximum absolute atomic E-state index is 10.5. The van der Waals surface area contributed by atoms with E-state index in [-0.39, 0.29) is 5.69 Å². The van der Waals surface area contributed by atoms with E-state index in [1.807, 2.05) is 13.8 Å². The molecule has 0 atom stereocenters. The summed E-state index contributed by atoms with van der Waals surface area (Å²) >= 11 is 5.37. The zero-order valence-corrected chi connectivity index (χ0v) is 11.4. The predicted octanol–water partition coefficient (Wildman–Crippen LogP) is 2.60. The molecule has 17 heavy (non-hydrogen) atoms. The molecule has 1 aromatic carbocycles. The van der Waals surface area contributed by atoms with Crippen molar-refractivity contribution in [1.82, 2.24) is 0 Å². The number of nitro groups is 1. The maximum Gasteiger partial charge on any atom is 0.269 e. The molecule has 0 amide bonds. The lowest BCUT2D eigenvalue weighted by Crippen LogP contribution is -2.10. The molecule has 0 aliphatic rings. The zero-order chi connectivity index (χ0) is 12.9. The van der Waals surface area contributed by atoms with Crippen LogP contribution in [0.3, 0.4) is 0 Å². The van der Waals surface area contributed by atoms with E-state index < -0.39 is 11.4 Å². The first-order valence-electron chi connectivity index (χ1n) is 5.17.